The zero-order valence-corrected chi connectivity index (χ0v) is 15.6. The minimum Gasteiger partial charge on any atom is -0.464 e. The molecule has 1 N–H and O–H groups in total. The third kappa shape index (κ3) is 3.56. The molecule has 0 bridgehead atoms. The van der Waals surface area contributed by atoms with Gasteiger partial charge in [-0.25, -0.2) is 4.98 Å². The fourth-order valence-electron chi connectivity index (χ4n) is 3.85. The Labute approximate surface area is 154 Å². The first-order chi connectivity index (χ1) is 12.7. The largest absolute Gasteiger partial charge is 0.464 e. The number of aryl methyl sites for hydroxylation is 1. The van der Waals surface area contributed by atoms with Gasteiger partial charge in [0.1, 0.15) is 11.5 Å². The highest BCUT2D eigenvalue weighted by atomic mass is 16.3. The molecule has 0 amide bonds. The number of piperidine rings is 1. The van der Waals surface area contributed by atoms with E-state index in [4.69, 9.17) is 4.42 Å². The maximum absolute atomic E-state index is 12.4. The molecule has 6 nitrogen and oxygen atoms in total. The summed E-state index contributed by atoms with van der Waals surface area (Å²) in [6.07, 6.45) is 6.75. The van der Waals surface area contributed by atoms with Crippen LogP contribution in [0, 0.1) is 5.92 Å². The van der Waals surface area contributed by atoms with E-state index in [1.807, 2.05) is 6.92 Å². The highest BCUT2D eigenvalue weighted by Crippen LogP contribution is 2.47. The lowest BCUT2D eigenvalue weighted by Crippen LogP contribution is -2.44. The van der Waals surface area contributed by atoms with Crippen LogP contribution < -0.4 is 15.8 Å². The Morgan fingerprint density at radius 1 is 1.31 bits per heavy atom. The van der Waals surface area contributed by atoms with E-state index in [0.29, 0.717) is 24.3 Å². The molecule has 2 aromatic heterocycles. The summed E-state index contributed by atoms with van der Waals surface area (Å²) in [5, 5.41) is 3.61. The van der Waals surface area contributed by atoms with Crippen LogP contribution in [-0.2, 0) is 13.1 Å². The van der Waals surface area contributed by atoms with Crippen molar-refractivity contribution in [1.29, 1.82) is 0 Å². The fourth-order valence-corrected chi connectivity index (χ4v) is 3.85. The van der Waals surface area contributed by atoms with Gasteiger partial charge in [0.05, 0.1) is 6.54 Å². The average molecular weight is 356 g/mol. The number of aromatic nitrogens is 2. The van der Waals surface area contributed by atoms with Crippen molar-refractivity contribution in [2.24, 2.45) is 5.92 Å². The van der Waals surface area contributed by atoms with Crippen LogP contribution in [0.1, 0.15) is 50.5 Å². The third-order valence-corrected chi connectivity index (χ3v) is 5.75. The molecule has 2 fully saturated rings. The summed E-state index contributed by atoms with van der Waals surface area (Å²) >= 11 is 0. The second-order valence-electron chi connectivity index (χ2n) is 7.61. The summed E-state index contributed by atoms with van der Waals surface area (Å²) in [6, 6.07) is 4.69. The standard InChI is InChI=1S/C20H28N4O2/c1-3-23-11-8-21-19(20(23)25)24-9-6-15(7-10-24)22-13-16-4-5-18(26-16)17-12-14(17)2/h4-5,8,11,14-15,17,22H,3,6-7,9-10,12-13H2,1-2H3/t14-,17+/m0/s1. The lowest BCUT2D eigenvalue weighted by molar-refractivity contribution is 0.379. The number of rotatable bonds is 6. The molecule has 2 aliphatic rings. The molecule has 1 aliphatic heterocycles. The van der Waals surface area contributed by atoms with E-state index in [1.165, 1.54) is 6.42 Å². The molecule has 2 aromatic rings. The zero-order chi connectivity index (χ0) is 18.1. The van der Waals surface area contributed by atoms with Gasteiger partial charge in [0.2, 0.25) is 0 Å². The lowest BCUT2D eigenvalue weighted by Gasteiger charge is -2.32. The highest BCUT2D eigenvalue weighted by molar-refractivity contribution is 5.36. The predicted molar refractivity (Wildman–Crippen MR) is 101 cm³/mol. The maximum Gasteiger partial charge on any atom is 0.293 e. The van der Waals surface area contributed by atoms with Crippen molar-refractivity contribution in [3.05, 3.63) is 46.4 Å². The highest BCUT2D eigenvalue weighted by Gasteiger charge is 2.36. The Balaban J connectivity index is 1.29. The van der Waals surface area contributed by atoms with E-state index in [0.717, 1.165) is 49.9 Å². The number of anilines is 1. The van der Waals surface area contributed by atoms with Crippen LogP contribution in [-0.4, -0.2) is 28.7 Å². The monoisotopic (exact) mass is 356 g/mol. The van der Waals surface area contributed by atoms with Gasteiger partial charge >= 0.3 is 0 Å². The molecule has 0 spiro atoms. The van der Waals surface area contributed by atoms with Crippen molar-refractivity contribution in [3.63, 3.8) is 0 Å². The summed E-state index contributed by atoms with van der Waals surface area (Å²) in [6.45, 7) is 7.42. The van der Waals surface area contributed by atoms with E-state index in [-0.39, 0.29) is 5.56 Å². The first kappa shape index (κ1) is 17.3. The molecule has 0 radical (unpaired) electrons. The molecule has 0 aromatic carbocycles. The molecule has 2 atom stereocenters. The van der Waals surface area contributed by atoms with Gasteiger partial charge in [-0.05, 0) is 44.2 Å². The van der Waals surface area contributed by atoms with Gasteiger partial charge in [0.25, 0.3) is 5.56 Å². The second-order valence-corrected chi connectivity index (χ2v) is 7.61. The van der Waals surface area contributed by atoms with Crippen LogP contribution in [0.25, 0.3) is 0 Å². The molecule has 6 heteroatoms. The van der Waals surface area contributed by atoms with Crippen molar-refractivity contribution in [3.8, 4) is 0 Å². The van der Waals surface area contributed by atoms with Crippen molar-refractivity contribution in [2.75, 3.05) is 18.0 Å². The van der Waals surface area contributed by atoms with Gasteiger partial charge < -0.3 is 19.2 Å². The minimum atomic E-state index is 0.0128. The Bertz CT molecular complexity index is 804. The van der Waals surface area contributed by atoms with E-state index in [2.05, 4.69) is 34.3 Å². The van der Waals surface area contributed by atoms with Crippen LogP contribution >= 0.6 is 0 Å². The molecule has 26 heavy (non-hydrogen) atoms. The Morgan fingerprint density at radius 2 is 2.08 bits per heavy atom. The van der Waals surface area contributed by atoms with Crippen molar-refractivity contribution >= 4 is 5.82 Å². The van der Waals surface area contributed by atoms with Gasteiger partial charge in [-0.1, -0.05) is 6.92 Å². The van der Waals surface area contributed by atoms with Gasteiger partial charge in [0, 0.05) is 44.0 Å². The molecule has 0 unspecified atom stereocenters. The summed E-state index contributed by atoms with van der Waals surface area (Å²) in [4.78, 5) is 18.8. The maximum atomic E-state index is 12.4. The van der Waals surface area contributed by atoms with Crippen molar-refractivity contribution in [2.45, 2.75) is 58.2 Å². The first-order valence-corrected chi connectivity index (χ1v) is 9.78. The smallest absolute Gasteiger partial charge is 0.293 e. The minimum absolute atomic E-state index is 0.0128. The second kappa shape index (κ2) is 7.27. The average Bonchev–Trinajstić information content (AvgIpc) is 3.21. The number of hydrogen-bond acceptors (Lipinski definition) is 5. The quantitative estimate of drug-likeness (QED) is 0.862. The van der Waals surface area contributed by atoms with Gasteiger partial charge in [-0.15, -0.1) is 0 Å². The van der Waals surface area contributed by atoms with Gasteiger partial charge in [-0.3, -0.25) is 4.79 Å². The Hall–Kier alpha value is -2.08. The number of hydrogen-bond donors (Lipinski definition) is 1. The van der Waals surface area contributed by atoms with E-state index in [9.17, 15) is 4.79 Å². The van der Waals surface area contributed by atoms with Crippen molar-refractivity contribution in [1.82, 2.24) is 14.9 Å². The molecule has 4 rings (SSSR count). The third-order valence-electron chi connectivity index (χ3n) is 5.75. The molecule has 1 aliphatic carbocycles. The number of nitrogens with zero attached hydrogens (tertiary/aromatic N) is 3. The normalized spacial score (nSPS) is 23.4. The van der Waals surface area contributed by atoms with Crippen LogP contribution in [0.3, 0.4) is 0 Å². The predicted octanol–water partition coefficient (Wildman–Crippen LogP) is 2.74. The van der Waals surface area contributed by atoms with Gasteiger partial charge in [0.15, 0.2) is 5.82 Å². The zero-order valence-electron chi connectivity index (χ0n) is 15.6. The fraction of sp³-hybridized carbons (Fsp3) is 0.600. The van der Waals surface area contributed by atoms with E-state index in [1.54, 1.807) is 17.0 Å². The molecular weight excluding hydrogens is 328 g/mol. The molecule has 1 saturated carbocycles. The SMILES string of the molecule is CCn1ccnc(N2CCC(NCc3ccc([C@@H]4C[C@@H]4C)o3)CC2)c1=O. The summed E-state index contributed by atoms with van der Waals surface area (Å²) in [5.41, 5.74) is 0.0128. The van der Waals surface area contributed by atoms with Crippen LogP contribution in [0.2, 0.25) is 0 Å². The van der Waals surface area contributed by atoms with Crippen LogP contribution in [0.5, 0.6) is 0 Å². The van der Waals surface area contributed by atoms with Crippen LogP contribution in [0.4, 0.5) is 5.82 Å². The van der Waals surface area contributed by atoms with Crippen LogP contribution in [0.15, 0.2) is 33.7 Å². The van der Waals surface area contributed by atoms with Gasteiger partial charge in [-0.2, -0.15) is 0 Å². The summed E-state index contributed by atoms with van der Waals surface area (Å²) in [7, 11) is 0. The van der Waals surface area contributed by atoms with Crippen molar-refractivity contribution < 1.29 is 4.42 Å². The summed E-state index contributed by atoms with van der Waals surface area (Å²) in [5.74, 6) is 4.17. The Kier molecular flexibility index (Phi) is 4.85. The lowest BCUT2D eigenvalue weighted by atomic mass is 10.1. The number of furan rings is 1. The number of nitrogens with one attached hydrogen (secondary N) is 1. The van der Waals surface area contributed by atoms with E-state index >= 15 is 0 Å². The molecule has 140 valence electrons. The Morgan fingerprint density at radius 3 is 2.77 bits per heavy atom. The summed E-state index contributed by atoms with van der Waals surface area (Å²) < 4.78 is 7.68. The molecule has 1 saturated heterocycles. The van der Waals surface area contributed by atoms with E-state index < -0.39 is 0 Å². The molecule has 3 heterocycles. The first-order valence-electron chi connectivity index (χ1n) is 9.78. The topological polar surface area (TPSA) is 63.3 Å². The molecular formula is C20H28N4O2.